The van der Waals surface area contributed by atoms with Gasteiger partial charge in [-0.1, -0.05) is 103 Å². The summed E-state index contributed by atoms with van der Waals surface area (Å²) in [6.07, 6.45) is 15.0. The van der Waals surface area contributed by atoms with E-state index in [1.165, 1.54) is 43.5 Å². The number of benzene rings is 6. The van der Waals surface area contributed by atoms with Crippen LogP contribution in [0.15, 0.2) is 123 Å². The fourth-order valence-electron chi connectivity index (χ4n) is 17.4. The number of carbonyl (C=O) groups excluding carboxylic acids is 4. The third-order valence-corrected chi connectivity index (χ3v) is 25.5. The Bertz CT molecular complexity index is 5060. The Morgan fingerprint density at radius 3 is 0.892 bits per heavy atom. The number of nitrogens with one attached hydrogen (secondary N) is 3. The van der Waals surface area contributed by atoms with Crippen molar-refractivity contribution in [1.29, 1.82) is 0 Å². The minimum Gasteiger partial charge on any atom is -0.870 e. The summed E-state index contributed by atoms with van der Waals surface area (Å²) in [6, 6.07) is 25.3. The molecule has 25 nitrogen and oxygen atoms in total. The summed E-state index contributed by atoms with van der Waals surface area (Å²) in [4.78, 5) is 78.5. The number of halogens is 9. The Balaban J connectivity index is 0.000000146. The minimum absolute atomic E-state index is 0. The van der Waals surface area contributed by atoms with E-state index in [2.05, 4.69) is 36.2 Å². The molecule has 120 heavy (non-hydrogen) atoms. The zero-order valence-corrected chi connectivity index (χ0v) is 69.4. The van der Waals surface area contributed by atoms with Crippen molar-refractivity contribution in [1.82, 2.24) is 30.2 Å². The first-order valence-electron chi connectivity index (χ1n) is 39.3. The first kappa shape index (κ1) is 87.5. The molecule has 9 heterocycles. The number of esters is 1. The minimum atomic E-state index is -1.23. The molecule has 3 aromatic heterocycles. The molecule has 9 fully saturated rings. The molecule has 6 amide bonds. The summed E-state index contributed by atoms with van der Waals surface area (Å²) < 4.78 is 84.5. The molecule has 6 atom stereocenters. The van der Waals surface area contributed by atoms with Crippen LogP contribution in [-0.2, 0) is 38.8 Å². The van der Waals surface area contributed by atoms with Crippen LogP contribution < -0.4 is 34.8 Å². The number of aromatic nitrogens is 3. The number of carboxylic acids is 2. The summed E-state index contributed by atoms with van der Waals surface area (Å²) in [6.45, 7) is 0.896. The molecule has 6 aliphatic heterocycles. The Kier molecular flexibility index (Phi) is 27.3. The third-order valence-electron chi connectivity index (χ3n) is 23.6. The second-order valence-corrected chi connectivity index (χ2v) is 33.7. The van der Waals surface area contributed by atoms with E-state index < -0.39 is 47.4 Å². The molecule has 6 N–H and O–H groups in total. The van der Waals surface area contributed by atoms with Crippen molar-refractivity contribution in [2.75, 3.05) is 23.1 Å². The number of rotatable bonds is 21. The van der Waals surface area contributed by atoms with Gasteiger partial charge in [-0.2, -0.15) is 0 Å². The molecule has 6 saturated heterocycles. The molecule has 9 aromatic rings. The maximum Gasteiger partial charge on any atom is 1.00 e. The van der Waals surface area contributed by atoms with Gasteiger partial charge in [0.05, 0.1) is 109 Å². The molecule has 0 radical (unpaired) electrons. The van der Waals surface area contributed by atoms with Crippen LogP contribution in [0.1, 0.15) is 198 Å². The average Bonchev–Trinajstić information content (AvgIpc) is 1.63. The number of hydrogen-bond donors (Lipinski definition) is 5. The third kappa shape index (κ3) is 18.9. The maximum absolute atomic E-state index is 14.6. The van der Waals surface area contributed by atoms with Crippen molar-refractivity contribution in [2.24, 2.45) is 0 Å². The van der Waals surface area contributed by atoms with Crippen LogP contribution in [0.3, 0.4) is 0 Å². The molecule has 626 valence electrons. The number of carbonyl (C=O) groups is 6. The van der Waals surface area contributed by atoms with Gasteiger partial charge in [-0.3, -0.25) is 0 Å². The number of aromatic carboxylic acids is 2. The second kappa shape index (κ2) is 37.5. The zero-order valence-electron chi connectivity index (χ0n) is 64.9. The van der Waals surface area contributed by atoms with Crippen molar-refractivity contribution in [2.45, 2.75) is 208 Å². The molecular weight excluding hydrogens is 1680 g/mol. The number of amides is 6. The second-order valence-electron chi connectivity index (χ2n) is 31.3. The van der Waals surface area contributed by atoms with Gasteiger partial charge in [-0.05, 0) is 207 Å². The average molecular weight is 1760 g/mol. The molecule has 6 aromatic carbocycles. The fourth-order valence-corrected chi connectivity index (χ4v) is 19.2. The van der Waals surface area contributed by atoms with Crippen LogP contribution in [0.2, 0.25) is 30.1 Å². The SMILES string of the molecule is COC(=O)c1ccc(NC(=O)N2C3CCC2CC(OCc2c(-c4c(Cl)cccc4Cl)noc2C2CC2)C3)c(F)c1.O=C(O)c1ccc(NC(=O)N2C3CCC2CC(OCc2c(-c4c(Cl)cccc4Cl)noc2C2CC2)C3)c(F)c1.O=C(O)c1ccc(NC(=O)N2C3CCC2CC(OCc2c(-c4c(Cl)cccc4Cl)noc2C2CC2)C3)c(F)c1.[Li+].[OH-]. The van der Waals surface area contributed by atoms with E-state index in [0.717, 1.165) is 129 Å². The number of hydrogen-bond acceptors (Lipinski definition) is 17. The monoisotopic (exact) mass is 1760 g/mol. The van der Waals surface area contributed by atoms with E-state index in [-0.39, 0.29) is 119 Å². The van der Waals surface area contributed by atoms with Crippen LogP contribution in [0.4, 0.5) is 44.6 Å². The standard InChI is InChI=1S/C29H28Cl2FN3O5.2C28H26Cl2FN3O5.Li.H2O/c1-38-28(36)16-7-10-24(23(32)11-16)33-29(37)35-17-8-9-18(35)13-19(12-17)39-14-20-26(34-40-27(20)15-5-6-15)25-21(30)3-2-4-22(25)31;2*29-20-2-1-3-21(30)24(20)25-19(26(39-33-25)14-4-5-14)13-38-18-11-16-7-8-17(12-18)34(16)28(37)32-23-9-6-15(27(35)36)10-22(23)31;;/h2-4,7,10-11,15,17-19H,5-6,8-9,12-14H2,1H3,(H,33,37);2*1-3,6,9-10,14,16-18H,4-5,7-8,11-13H2,(H,32,37)(H,35,36);;1H2/q;;;+1;/p-1. The van der Waals surface area contributed by atoms with Gasteiger partial charge in [0.2, 0.25) is 0 Å². The Hall–Kier alpha value is -8.86. The number of ether oxygens (including phenoxy) is 4. The Morgan fingerprint density at radius 2 is 0.658 bits per heavy atom. The van der Waals surface area contributed by atoms with Crippen LogP contribution in [-0.4, -0.2) is 144 Å². The smallest absolute Gasteiger partial charge is 0.870 e. The van der Waals surface area contributed by atoms with Gasteiger partial charge in [0, 0.05) is 87.4 Å². The number of carboxylic acid groups (broad SMARTS) is 2. The van der Waals surface area contributed by atoms with Gasteiger partial charge >= 0.3 is 54.9 Å². The summed E-state index contributed by atoms with van der Waals surface area (Å²) in [5, 5.41) is 41.9. The summed E-state index contributed by atoms with van der Waals surface area (Å²) in [5.41, 5.74) is 5.94. The Labute approximate surface area is 728 Å². The topological polar surface area (TPSA) is 334 Å². The molecular formula is C85H81Cl6F3LiN9O16. The van der Waals surface area contributed by atoms with Crippen molar-refractivity contribution in [3.63, 3.8) is 0 Å². The van der Waals surface area contributed by atoms with Crippen molar-refractivity contribution in [3.05, 3.63) is 207 Å². The van der Waals surface area contributed by atoms with Gasteiger partial charge in [0.15, 0.2) is 0 Å². The van der Waals surface area contributed by atoms with Gasteiger partial charge in [0.25, 0.3) is 0 Å². The van der Waals surface area contributed by atoms with E-state index in [1.807, 2.05) is 0 Å². The largest absolute Gasteiger partial charge is 1.00 e. The van der Waals surface area contributed by atoms with Gasteiger partial charge in [-0.15, -0.1) is 0 Å². The van der Waals surface area contributed by atoms with Crippen LogP contribution in [0, 0.1) is 17.5 Å². The number of urea groups is 3. The number of piperidine rings is 3. The molecule has 3 saturated carbocycles. The van der Waals surface area contributed by atoms with Crippen molar-refractivity contribution < 1.29 is 109 Å². The Morgan fingerprint density at radius 1 is 0.408 bits per heavy atom. The summed E-state index contributed by atoms with van der Waals surface area (Å²) >= 11 is 38.9. The molecule has 6 unspecified atom stereocenters. The predicted octanol–water partition coefficient (Wildman–Crippen LogP) is 18.2. The molecule has 35 heteroatoms. The van der Waals surface area contributed by atoms with Gasteiger partial charge in [0.1, 0.15) is 51.8 Å². The number of nitrogens with zero attached hydrogens (tertiary/aromatic N) is 6. The van der Waals surface area contributed by atoms with E-state index >= 15 is 0 Å². The number of anilines is 3. The normalized spacial score (nSPS) is 21.8. The van der Waals surface area contributed by atoms with Crippen molar-refractivity contribution >= 4 is 123 Å². The summed E-state index contributed by atoms with van der Waals surface area (Å²) in [5.74, 6) is -1.97. The van der Waals surface area contributed by atoms with Gasteiger partial charge in [-0.25, -0.2) is 41.9 Å². The van der Waals surface area contributed by atoms with Crippen LogP contribution in [0.5, 0.6) is 0 Å². The quantitative estimate of drug-likeness (QED) is 0.0329. The van der Waals surface area contributed by atoms with E-state index in [4.69, 9.17) is 108 Å². The van der Waals surface area contributed by atoms with Gasteiger partial charge < -0.3 is 78.9 Å². The number of methoxy groups -OCH3 is 1. The van der Waals surface area contributed by atoms with Crippen LogP contribution in [0.25, 0.3) is 33.8 Å². The molecule has 18 rings (SSSR count). The number of fused-ring (bicyclic) bond motifs is 6. The van der Waals surface area contributed by atoms with Crippen LogP contribution >= 0.6 is 69.6 Å². The fraction of sp³-hybridized carbons (Fsp3) is 0.400. The molecule has 9 aliphatic rings. The van der Waals surface area contributed by atoms with E-state index in [9.17, 15) is 41.9 Å². The molecule has 0 spiro atoms. The molecule has 6 bridgehead atoms. The first-order valence-corrected chi connectivity index (χ1v) is 41.5. The zero-order chi connectivity index (χ0) is 82.5. The van der Waals surface area contributed by atoms with Crippen molar-refractivity contribution in [3.8, 4) is 33.8 Å². The molecule has 3 aliphatic carbocycles. The maximum atomic E-state index is 14.6. The van der Waals surface area contributed by atoms with E-state index in [1.54, 1.807) is 69.3 Å². The predicted molar refractivity (Wildman–Crippen MR) is 435 cm³/mol. The van der Waals surface area contributed by atoms with E-state index in [0.29, 0.717) is 140 Å². The summed E-state index contributed by atoms with van der Waals surface area (Å²) in [7, 11) is 1.23. The first-order chi connectivity index (χ1) is 56.9.